The lowest BCUT2D eigenvalue weighted by atomic mass is 9.88. The summed E-state index contributed by atoms with van der Waals surface area (Å²) in [6.45, 7) is 2.10. The molecule has 0 spiro atoms. The Morgan fingerprint density at radius 2 is 1.74 bits per heavy atom. The number of fused-ring (bicyclic) bond motifs is 3. The van der Waals surface area contributed by atoms with Gasteiger partial charge in [0, 0.05) is 16.6 Å². The van der Waals surface area contributed by atoms with Gasteiger partial charge in [-0.1, -0.05) is 53.5 Å². The zero-order valence-corrected chi connectivity index (χ0v) is 16.0. The zero-order chi connectivity index (χ0) is 19.0. The highest BCUT2D eigenvalue weighted by Gasteiger charge is 2.30. The number of benzene rings is 3. The molecule has 2 unspecified atom stereocenters. The van der Waals surface area contributed by atoms with Crippen LogP contribution in [0.4, 0.5) is 0 Å². The van der Waals surface area contributed by atoms with E-state index in [0.717, 1.165) is 10.4 Å². The summed E-state index contributed by atoms with van der Waals surface area (Å²) >= 11 is 1.56. The molecule has 2 atom stereocenters. The van der Waals surface area contributed by atoms with Crippen LogP contribution in [0.15, 0.2) is 65.6 Å². The number of phenols is 1. The lowest BCUT2D eigenvalue weighted by molar-refractivity contribution is 0.184. The summed E-state index contributed by atoms with van der Waals surface area (Å²) in [7, 11) is 6.02. The SMILES string of the molecule is [B]c1ccc2c(c1)-c1cc(C)ccc1C2CC(O)CSc1cccc(O)c1. The van der Waals surface area contributed by atoms with Crippen molar-refractivity contribution in [2.75, 3.05) is 5.75 Å². The number of rotatable bonds is 5. The van der Waals surface area contributed by atoms with Crippen molar-refractivity contribution in [1.82, 2.24) is 0 Å². The Morgan fingerprint density at radius 1 is 1.00 bits per heavy atom. The highest BCUT2D eigenvalue weighted by atomic mass is 32.2. The van der Waals surface area contributed by atoms with Crippen molar-refractivity contribution >= 4 is 25.1 Å². The monoisotopic (exact) mass is 372 g/mol. The van der Waals surface area contributed by atoms with Gasteiger partial charge in [-0.2, -0.15) is 0 Å². The summed E-state index contributed by atoms with van der Waals surface area (Å²) in [5.41, 5.74) is 6.92. The molecule has 0 bridgehead atoms. The molecule has 4 heteroatoms. The molecule has 2 N–H and O–H groups in total. The normalized spacial score (nSPS) is 16.0. The van der Waals surface area contributed by atoms with Gasteiger partial charge in [-0.05, 0) is 53.8 Å². The highest BCUT2D eigenvalue weighted by Crippen LogP contribution is 2.47. The van der Waals surface area contributed by atoms with Gasteiger partial charge >= 0.3 is 0 Å². The van der Waals surface area contributed by atoms with E-state index in [2.05, 4.69) is 31.2 Å². The molecule has 0 amide bonds. The number of aliphatic hydroxyl groups excluding tert-OH is 1. The van der Waals surface area contributed by atoms with Crippen molar-refractivity contribution in [2.24, 2.45) is 0 Å². The molecule has 0 fully saturated rings. The number of aliphatic hydroxyl groups is 1. The van der Waals surface area contributed by atoms with Gasteiger partial charge in [-0.3, -0.25) is 0 Å². The number of aryl methyl sites for hydroxylation is 1. The maximum absolute atomic E-state index is 10.7. The van der Waals surface area contributed by atoms with Crippen LogP contribution in [-0.4, -0.2) is 29.9 Å². The molecule has 4 rings (SSSR count). The Kier molecular flexibility index (Phi) is 5.03. The van der Waals surface area contributed by atoms with E-state index >= 15 is 0 Å². The average molecular weight is 372 g/mol. The van der Waals surface area contributed by atoms with Crippen molar-refractivity contribution in [2.45, 2.75) is 30.3 Å². The lowest BCUT2D eigenvalue weighted by Crippen LogP contribution is -2.15. The van der Waals surface area contributed by atoms with E-state index in [4.69, 9.17) is 7.85 Å². The Hall–Kier alpha value is -2.17. The van der Waals surface area contributed by atoms with E-state index in [1.54, 1.807) is 23.9 Å². The fraction of sp³-hybridized carbons (Fsp3) is 0.217. The van der Waals surface area contributed by atoms with E-state index in [9.17, 15) is 10.2 Å². The van der Waals surface area contributed by atoms with Gasteiger partial charge in [-0.25, -0.2) is 0 Å². The van der Waals surface area contributed by atoms with Crippen molar-refractivity contribution in [3.8, 4) is 16.9 Å². The first-order valence-corrected chi connectivity index (χ1v) is 10.1. The first-order chi connectivity index (χ1) is 13.0. The minimum Gasteiger partial charge on any atom is -0.508 e. The zero-order valence-electron chi connectivity index (χ0n) is 15.2. The molecule has 0 saturated heterocycles. The van der Waals surface area contributed by atoms with Crippen LogP contribution in [0.1, 0.15) is 29.0 Å². The van der Waals surface area contributed by atoms with Gasteiger partial charge in [0.15, 0.2) is 0 Å². The third-order valence-corrected chi connectivity index (χ3v) is 6.23. The Bertz CT molecular complexity index is 934. The molecule has 27 heavy (non-hydrogen) atoms. The summed E-state index contributed by atoms with van der Waals surface area (Å²) in [6, 6.07) is 19.8. The molecular weight excluding hydrogens is 351 g/mol. The molecular formula is C23H21BO2S. The number of aromatic hydroxyl groups is 1. The maximum Gasteiger partial charge on any atom is 0.116 e. The molecule has 3 aromatic carbocycles. The molecule has 2 nitrogen and oxygen atoms in total. The number of thioether (sulfide) groups is 1. The van der Waals surface area contributed by atoms with Gasteiger partial charge in [0.2, 0.25) is 0 Å². The van der Waals surface area contributed by atoms with E-state index in [0.29, 0.717) is 12.2 Å². The average Bonchev–Trinajstić information content (AvgIpc) is 2.92. The molecule has 0 heterocycles. The van der Waals surface area contributed by atoms with Gasteiger partial charge in [0.05, 0.1) is 6.10 Å². The topological polar surface area (TPSA) is 40.5 Å². The predicted octanol–water partition coefficient (Wildman–Crippen LogP) is 4.15. The van der Waals surface area contributed by atoms with Crippen LogP contribution in [0.25, 0.3) is 11.1 Å². The Balaban J connectivity index is 1.55. The molecule has 0 aliphatic heterocycles. The molecule has 134 valence electrons. The standard InChI is InChI=1S/C23H21BO2S/c1-14-5-7-19-21(9-14)22-10-15(24)6-8-20(22)23(19)12-17(26)13-27-18-4-2-3-16(25)11-18/h2-11,17,23,25-26H,12-13H2,1H3. The summed E-state index contributed by atoms with van der Waals surface area (Å²) in [5, 5.41) is 20.3. The number of hydrogen-bond donors (Lipinski definition) is 2. The van der Waals surface area contributed by atoms with Crippen molar-refractivity contribution in [1.29, 1.82) is 0 Å². The molecule has 0 saturated carbocycles. The van der Waals surface area contributed by atoms with E-state index in [1.807, 2.05) is 24.3 Å². The first kappa shape index (κ1) is 18.2. The molecule has 3 aromatic rings. The van der Waals surface area contributed by atoms with Crippen LogP contribution in [-0.2, 0) is 0 Å². The minimum absolute atomic E-state index is 0.177. The van der Waals surface area contributed by atoms with Crippen molar-refractivity contribution in [3.63, 3.8) is 0 Å². The quantitative estimate of drug-likeness (QED) is 0.522. The first-order valence-electron chi connectivity index (χ1n) is 9.11. The van der Waals surface area contributed by atoms with Gasteiger partial charge in [0.1, 0.15) is 13.6 Å². The Morgan fingerprint density at radius 3 is 2.52 bits per heavy atom. The molecule has 2 radical (unpaired) electrons. The molecule has 1 aliphatic carbocycles. The second-order valence-corrected chi connectivity index (χ2v) is 8.28. The summed E-state index contributed by atoms with van der Waals surface area (Å²) in [6.07, 6.45) is 0.221. The maximum atomic E-state index is 10.7. The highest BCUT2D eigenvalue weighted by molar-refractivity contribution is 7.99. The smallest absolute Gasteiger partial charge is 0.116 e. The van der Waals surface area contributed by atoms with E-state index in [-0.39, 0.29) is 11.7 Å². The van der Waals surface area contributed by atoms with E-state index < -0.39 is 6.10 Å². The lowest BCUT2D eigenvalue weighted by Gasteiger charge is -2.18. The largest absolute Gasteiger partial charge is 0.508 e. The fourth-order valence-electron chi connectivity index (χ4n) is 3.85. The van der Waals surface area contributed by atoms with Gasteiger partial charge in [-0.15, -0.1) is 11.8 Å². The minimum atomic E-state index is -0.444. The van der Waals surface area contributed by atoms with Crippen LogP contribution in [0.3, 0.4) is 0 Å². The van der Waals surface area contributed by atoms with Gasteiger partial charge < -0.3 is 10.2 Å². The Labute approximate surface area is 165 Å². The third kappa shape index (κ3) is 3.78. The van der Waals surface area contributed by atoms with Crippen LogP contribution in [0.5, 0.6) is 5.75 Å². The summed E-state index contributed by atoms with van der Waals surface area (Å²) in [4.78, 5) is 0.963. The van der Waals surface area contributed by atoms with Crippen LogP contribution in [0, 0.1) is 6.92 Å². The van der Waals surface area contributed by atoms with Crippen LogP contribution < -0.4 is 5.46 Å². The van der Waals surface area contributed by atoms with Gasteiger partial charge in [0.25, 0.3) is 0 Å². The van der Waals surface area contributed by atoms with Crippen LogP contribution >= 0.6 is 11.8 Å². The third-order valence-electron chi connectivity index (χ3n) is 5.09. The second kappa shape index (κ2) is 7.45. The number of hydrogen-bond acceptors (Lipinski definition) is 3. The summed E-state index contributed by atoms with van der Waals surface area (Å²) in [5.74, 6) is 1.02. The van der Waals surface area contributed by atoms with E-state index in [1.165, 1.54) is 27.8 Å². The van der Waals surface area contributed by atoms with Crippen LogP contribution in [0.2, 0.25) is 0 Å². The van der Waals surface area contributed by atoms with Crippen molar-refractivity contribution in [3.05, 3.63) is 77.4 Å². The fourth-order valence-corrected chi connectivity index (χ4v) is 4.75. The van der Waals surface area contributed by atoms with Crippen molar-refractivity contribution < 1.29 is 10.2 Å². The second-order valence-electron chi connectivity index (χ2n) is 7.19. The number of phenolic OH excluding ortho intramolecular Hbond substituents is 1. The summed E-state index contributed by atoms with van der Waals surface area (Å²) < 4.78 is 0. The molecule has 1 aliphatic rings. The molecule has 0 aromatic heterocycles. The predicted molar refractivity (Wildman–Crippen MR) is 113 cm³/mol.